The lowest BCUT2D eigenvalue weighted by Gasteiger charge is -2.23. The molecular weight excluding hydrogens is 276 g/mol. The molecule has 1 aliphatic heterocycles. The molecule has 2 amide bonds. The quantitative estimate of drug-likeness (QED) is 0.901. The van der Waals surface area contributed by atoms with E-state index in [2.05, 4.69) is 10.6 Å². The maximum Gasteiger partial charge on any atom is 0.234 e. The zero-order valence-corrected chi connectivity index (χ0v) is 13.4. The van der Waals surface area contributed by atoms with Crippen LogP contribution < -0.4 is 10.6 Å². The lowest BCUT2D eigenvalue weighted by molar-refractivity contribution is -0.121. The highest BCUT2D eigenvalue weighted by molar-refractivity contribution is 6.05. The largest absolute Gasteiger partial charge is 0.353 e. The van der Waals surface area contributed by atoms with Crippen molar-refractivity contribution in [1.82, 2.24) is 5.32 Å². The summed E-state index contributed by atoms with van der Waals surface area (Å²) in [5, 5.41) is 6.04. The number of benzene rings is 1. The van der Waals surface area contributed by atoms with Crippen molar-refractivity contribution < 1.29 is 9.59 Å². The molecule has 0 radical (unpaired) electrons. The smallest absolute Gasteiger partial charge is 0.234 e. The summed E-state index contributed by atoms with van der Waals surface area (Å²) in [6, 6.07) is 6.18. The van der Waals surface area contributed by atoms with E-state index in [0.717, 1.165) is 29.7 Å². The van der Waals surface area contributed by atoms with Crippen LogP contribution >= 0.6 is 0 Å². The van der Waals surface area contributed by atoms with Gasteiger partial charge in [-0.15, -0.1) is 0 Å². The summed E-state index contributed by atoms with van der Waals surface area (Å²) in [6.07, 6.45) is 6.29. The van der Waals surface area contributed by atoms with Crippen molar-refractivity contribution in [1.29, 1.82) is 0 Å². The maximum atomic E-state index is 12.2. The third-order valence-electron chi connectivity index (χ3n) is 4.91. The molecule has 118 valence electrons. The molecule has 22 heavy (non-hydrogen) atoms. The first-order chi connectivity index (χ1) is 10.5. The first-order valence-electron chi connectivity index (χ1n) is 8.21. The zero-order chi connectivity index (χ0) is 15.7. The average molecular weight is 300 g/mol. The Morgan fingerprint density at radius 1 is 1.27 bits per heavy atom. The van der Waals surface area contributed by atoms with Gasteiger partial charge in [0, 0.05) is 11.7 Å². The van der Waals surface area contributed by atoms with Gasteiger partial charge in [-0.3, -0.25) is 9.59 Å². The fourth-order valence-electron chi connectivity index (χ4n) is 3.44. The molecule has 1 aromatic rings. The highest BCUT2D eigenvalue weighted by Gasteiger charge is 2.38. The van der Waals surface area contributed by atoms with Crippen LogP contribution in [0.1, 0.15) is 57.1 Å². The van der Waals surface area contributed by atoms with Gasteiger partial charge >= 0.3 is 0 Å². The molecule has 1 aromatic carbocycles. The van der Waals surface area contributed by atoms with E-state index in [1.54, 1.807) is 0 Å². The van der Waals surface area contributed by atoms with Gasteiger partial charge in [0.25, 0.3) is 0 Å². The van der Waals surface area contributed by atoms with E-state index in [1.165, 1.54) is 19.3 Å². The summed E-state index contributed by atoms with van der Waals surface area (Å²) in [4.78, 5) is 24.2. The summed E-state index contributed by atoms with van der Waals surface area (Å²) in [7, 11) is 0. The SMILES string of the molecule is CC1(C)C(=O)Nc2ccc(CC(=O)NC3CCCCC3)cc21. The number of amides is 2. The molecule has 4 nitrogen and oxygen atoms in total. The molecule has 2 N–H and O–H groups in total. The number of carbonyl (C=O) groups is 2. The van der Waals surface area contributed by atoms with E-state index in [9.17, 15) is 9.59 Å². The molecule has 4 heteroatoms. The summed E-state index contributed by atoms with van der Waals surface area (Å²) in [5.74, 6) is 0.105. The van der Waals surface area contributed by atoms with Crippen molar-refractivity contribution in [2.45, 2.75) is 63.8 Å². The van der Waals surface area contributed by atoms with Crippen LogP contribution in [0.5, 0.6) is 0 Å². The minimum Gasteiger partial charge on any atom is -0.353 e. The topological polar surface area (TPSA) is 58.2 Å². The lowest BCUT2D eigenvalue weighted by Crippen LogP contribution is -2.37. The average Bonchev–Trinajstić information content (AvgIpc) is 2.71. The van der Waals surface area contributed by atoms with Gasteiger partial charge < -0.3 is 10.6 Å². The molecule has 0 spiro atoms. The first-order valence-corrected chi connectivity index (χ1v) is 8.21. The van der Waals surface area contributed by atoms with Gasteiger partial charge in [0.05, 0.1) is 11.8 Å². The summed E-state index contributed by atoms with van der Waals surface area (Å²) in [5.41, 5.74) is 2.30. The van der Waals surface area contributed by atoms with Gasteiger partial charge in [0.15, 0.2) is 0 Å². The molecule has 1 heterocycles. The molecule has 0 saturated heterocycles. The monoisotopic (exact) mass is 300 g/mol. The summed E-state index contributed by atoms with van der Waals surface area (Å²) < 4.78 is 0. The zero-order valence-electron chi connectivity index (χ0n) is 13.4. The van der Waals surface area contributed by atoms with E-state index in [0.29, 0.717) is 12.5 Å². The minimum atomic E-state index is -0.523. The number of nitrogens with one attached hydrogen (secondary N) is 2. The fourth-order valence-corrected chi connectivity index (χ4v) is 3.44. The molecule has 2 aliphatic rings. The minimum absolute atomic E-state index is 0.0197. The normalized spacial score (nSPS) is 20.4. The van der Waals surface area contributed by atoms with Crippen molar-refractivity contribution >= 4 is 17.5 Å². The molecule has 1 fully saturated rings. The summed E-state index contributed by atoms with van der Waals surface area (Å²) in [6.45, 7) is 3.83. The number of rotatable bonds is 3. The molecule has 0 bridgehead atoms. The van der Waals surface area contributed by atoms with Crippen LogP contribution in [0.15, 0.2) is 18.2 Å². The van der Waals surface area contributed by atoms with Crippen LogP contribution in [-0.2, 0) is 21.4 Å². The van der Waals surface area contributed by atoms with E-state index < -0.39 is 5.41 Å². The van der Waals surface area contributed by atoms with Crippen LogP contribution in [0.25, 0.3) is 0 Å². The van der Waals surface area contributed by atoms with Crippen molar-refractivity contribution in [3.8, 4) is 0 Å². The van der Waals surface area contributed by atoms with Crippen molar-refractivity contribution in [2.24, 2.45) is 0 Å². The van der Waals surface area contributed by atoms with Gasteiger partial charge in [-0.1, -0.05) is 31.4 Å². The van der Waals surface area contributed by atoms with E-state index in [-0.39, 0.29) is 11.8 Å². The van der Waals surface area contributed by atoms with Crippen molar-refractivity contribution in [3.05, 3.63) is 29.3 Å². The predicted molar refractivity (Wildman–Crippen MR) is 86.8 cm³/mol. The lowest BCUT2D eigenvalue weighted by atomic mass is 9.85. The Morgan fingerprint density at radius 2 is 2.00 bits per heavy atom. The van der Waals surface area contributed by atoms with Crippen LogP contribution in [0.3, 0.4) is 0 Å². The maximum absolute atomic E-state index is 12.2. The fraction of sp³-hybridized carbons (Fsp3) is 0.556. The van der Waals surface area contributed by atoms with Gasteiger partial charge in [-0.2, -0.15) is 0 Å². The Labute approximate surface area is 131 Å². The second-order valence-electron chi connectivity index (χ2n) is 7.04. The third-order valence-corrected chi connectivity index (χ3v) is 4.91. The highest BCUT2D eigenvalue weighted by atomic mass is 16.2. The number of carbonyl (C=O) groups excluding carboxylic acids is 2. The highest BCUT2D eigenvalue weighted by Crippen LogP contribution is 2.37. The molecule has 1 aliphatic carbocycles. The van der Waals surface area contributed by atoms with Crippen LogP contribution in [-0.4, -0.2) is 17.9 Å². The van der Waals surface area contributed by atoms with Crippen LogP contribution in [0, 0.1) is 0 Å². The van der Waals surface area contributed by atoms with Crippen LogP contribution in [0.2, 0.25) is 0 Å². The second-order valence-corrected chi connectivity index (χ2v) is 7.04. The number of hydrogen-bond donors (Lipinski definition) is 2. The second kappa shape index (κ2) is 5.75. The third kappa shape index (κ3) is 2.87. The molecule has 3 rings (SSSR count). The number of fused-ring (bicyclic) bond motifs is 1. The van der Waals surface area contributed by atoms with E-state index in [4.69, 9.17) is 0 Å². The number of hydrogen-bond acceptors (Lipinski definition) is 2. The van der Waals surface area contributed by atoms with Gasteiger partial charge in [-0.25, -0.2) is 0 Å². The standard InChI is InChI=1S/C18H24N2O2/c1-18(2)14-10-12(8-9-15(14)20-17(18)22)11-16(21)19-13-6-4-3-5-7-13/h8-10,13H,3-7,11H2,1-2H3,(H,19,21)(H,20,22). The molecule has 1 saturated carbocycles. The Morgan fingerprint density at radius 3 is 2.73 bits per heavy atom. The first kappa shape index (κ1) is 15.1. The number of anilines is 1. The van der Waals surface area contributed by atoms with Crippen molar-refractivity contribution in [3.63, 3.8) is 0 Å². The Bertz CT molecular complexity index is 601. The summed E-state index contributed by atoms with van der Waals surface area (Å²) >= 11 is 0. The predicted octanol–water partition coefficient (Wildman–Crippen LogP) is 2.91. The van der Waals surface area contributed by atoms with Crippen LogP contribution in [0.4, 0.5) is 5.69 Å². The molecule has 0 atom stereocenters. The van der Waals surface area contributed by atoms with Gasteiger partial charge in [0.1, 0.15) is 0 Å². The molecule has 0 aromatic heterocycles. The van der Waals surface area contributed by atoms with Gasteiger partial charge in [0.2, 0.25) is 11.8 Å². The molecule has 0 unspecified atom stereocenters. The van der Waals surface area contributed by atoms with E-state index in [1.807, 2.05) is 32.0 Å². The van der Waals surface area contributed by atoms with Crippen molar-refractivity contribution in [2.75, 3.05) is 5.32 Å². The van der Waals surface area contributed by atoms with E-state index >= 15 is 0 Å². The van der Waals surface area contributed by atoms with Gasteiger partial charge in [-0.05, 0) is 43.9 Å². The molecular formula is C18H24N2O2. The Hall–Kier alpha value is -1.84. The Balaban J connectivity index is 1.68. The Kier molecular flexibility index (Phi) is 3.94.